The largest absolute Gasteiger partial charge is 0.481 e. The van der Waals surface area contributed by atoms with E-state index in [1.165, 1.54) is 5.57 Å². The van der Waals surface area contributed by atoms with Crippen LogP contribution in [0.4, 0.5) is 17.5 Å². The van der Waals surface area contributed by atoms with Gasteiger partial charge in [0.1, 0.15) is 5.82 Å². The summed E-state index contributed by atoms with van der Waals surface area (Å²) in [4.78, 5) is 30.8. The van der Waals surface area contributed by atoms with Crippen molar-refractivity contribution in [3.63, 3.8) is 0 Å². The summed E-state index contributed by atoms with van der Waals surface area (Å²) in [5, 5.41) is 15.3. The second kappa shape index (κ2) is 7.64. The molecule has 2 aromatic rings. The van der Waals surface area contributed by atoms with E-state index in [9.17, 15) is 9.59 Å². The molecule has 1 aliphatic rings. The lowest BCUT2D eigenvalue weighted by Crippen LogP contribution is -2.15. The quantitative estimate of drug-likeness (QED) is 0.601. The molecule has 0 unspecified atom stereocenters. The molecule has 3 rings (SSSR count). The van der Waals surface area contributed by atoms with Crippen molar-refractivity contribution < 1.29 is 14.7 Å². The van der Waals surface area contributed by atoms with Crippen molar-refractivity contribution in [3.8, 4) is 0 Å². The van der Waals surface area contributed by atoms with E-state index >= 15 is 0 Å². The fraction of sp³-hybridized carbons (Fsp3) is 0.222. The maximum Gasteiger partial charge on any atom is 0.303 e. The van der Waals surface area contributed by atoms with Crippen LogP contribution < -0.4 is 16.4 Å². The number of hydrogen-bond donors (Lipinski definition) is 4. The number of aromatic nitrogens is 2. The lowest BCUT2D eigenvalue weighted by Gasteiger charge is -2.11. The average molecular weight is 353 g/mol. The van der Waals surface area contributed by atoms with Gasteiger partial charge in [-0.2, -0.15) is 4.98 Å². The van der Waals surface area contributed by atoms with Gasteiger partial charge in [-0.05, 0) is 30.2 Å². The number of carbonyl (C=O) groups is 2. The van der Waals surface area contributed by atoms with E-state index < -0.39 is 11.9 Å². The minimum absolute atomic E-state index is 0.0360. The van der Waals surface area contributed by atoms with Crippen molar-refractivity contribution in [2.24, 2.45) is 0 Å². The third kappa shape index (κ3) is 4.35. The zero-order valence-electron chi connectivity index (χ0n) is 14.0. The predicted molar refractivity (Wildman–Crippen MR) is 99.8 cm³/mol. The van der Waals surface area contributed by atoms with E-state index in [0.717, 1.165) is 12.1 Å². The summed E-state index contributed by atoms with van der Waals surface area (Å²) in [6, 6.07) is 5.52. The standard InChI is InChI=1S/C18H19N5O3/c19-18-21-14-6-5-12(20-10-11-3-1-2-4-11)9-13(14)17(23-18)22-15(24)7-8-16(25)26/h1-3,5-6,9,20H,4,7-8,10H2,(H,25,26)(H3,19,21,22,23,24). The van der Waals surface area contributed by atoms with Crippen molar-refractivity contribution in [2.45, 2.75) is 19.3 Å². The number of benzene rings is 1. The van der Waals surface area contributed by atoms with E-state index in [2.05, 4.69) is 32.8 Å². The van der Waals surface area contributed by atoms with Crippen LogP contribution in [0.3, 0.4) is 0 Å². The highest BCUT2D eigenvalue weighted by molar-refractivity contribution is 6.01. The maximum atomic E-state index is 12.0. The van der Waals surface area contributed by atoms with Crippen LogP contribution in [0.1, 0.15) is 19.3 Å². The minimum atomic E-state index is -1.03. The Bertz CT molecular complexity index is 920. The fourth-order valence-corrected chi connectivity index (χ4v) is 2.60. The summed E-state index contributed by atoms with van der Waals surface area (Å²) >= 11 is 0. The molecule has 26 heavy (non-hydrogen) atoms. The zero-order valence-corrected chi connectivity index (χ0v) is 14.0. The summed E-state index contributed by atoms with van der Waals surface area (Å²) in [5.74, 6) is -1.16. The first-order chi connectivity index (χ1) is 12.5. The monoisotopic (exact) mass is 353 g/mol. The van der Waals surface area contributed by atoms with Crippen molar-refractivity contribution in [1.82, 2.24) is 9.97 Å². The van der Waals surface area contributed by atoms with Crippen molar-refractivity contribution in [1.29, 1.82) is 0 Å². The van der Waals surface area contributed by atoms with Crippen LogP contribution in [-0.2, 0) is 9.59 Å². The van der Waals surface area contributed by atoms with Gasteiger partial charge >= 0.3 is 5.97 Å². The van der Waals surface area contributed by atoms with Gasteiger partial charge in [-0.1, -0.05) is 18.2 Å². The number of carboxylic acid groups (broad SMARTS) is 1. The van der Waals surface area contributed by atoms with Gasteiger partial charge < -0.3 is 21.5 Å². The Morgan fingerprint density at radius 1 is 1.23 bits per heavy atom. The molecule has 0 saturated carbocycles. The Balaban J connectivity index is 1.80. The number of carboxylic acids is 1. The summed E-state index contributed by atoms with van der Waals surface area (Å²) in [5.41, 5.74) is 8.44. The van der Waals surface area contributed by atoms with Gasteiger partial charge in [0.05, 0.1) is 11.9 Å². The number of anilines is 3. The number of nitrogens with zero attached hydrogens (tertiary/aromatic N) is 2. The zero-order chi connectivity index (χ0) is 18.5. The summed E-state index contributed by atoms with van der Waals surface area (Å²) in [6.07, 6.45) is 6.74. The number of aliphatic carboxylic acids is 1. The third-order valence-electron chi connectivity index (χ3n) is 3.90. The smallest absolute Gasteiger partial charge is 0.303 e. The topological polar surface area (TPSA) is 130 Å². The highest BCUT2D eigenvalue weighted by Gasteiger charge is 2.12. The number of fused-ring (bicyclic) bond motifs is 1. The Hall–Kier alpha value is -3.42. The highest BCUT2D eigenvalue weighted by atomic mass is 16.4. The van der Waals surface area contributed by atoms with Gasteiger partial charge in [0, 0.05) is 24.0 Å². The molecular weight excluding hydrogens is 334 g/mol. The first-order valence-corrected chi connectivity index (χ1v) is 8.18. The van der Waals surface area contributed by atoms with Gasteiger partial charge in [0.25, 0.3) is 0 Å². The van der Waals surface area contributed by atoms with Gasteiger partial charge in [-0.15, -0.1) is 0 Å². The van der Waals surface area contributed by atoms with Crippen molar-refractivity contribution in [2.75, 3.05) is 22.9 Å². The number of nitrogens with one attached hydrogen (secondary N) is 2. The van der Waals surface area contributed by atoms with Crippen LogP contribution in [0.15, 0.2) is 42.0 Å². The second-order valence-electron chi connectivity index (χ2n) is 5.92. The first-order valence-electron chi connectivity index (χ1n) is 8.18. The summed E-state index contributed by atoms with van der Waals surface area (Å²) in [6.45, 7) is 0.717. The van der Waals surface area contributed by atoms with Gasteiger partial charge in [0.2, 0.25) is 11.9 Å². The molecular formula is C18H19N5O3. The first kappa shape index (κ1) is 17.4. The fourth-order valence-electron chi connectivity index (χ4n) is 2.60. The number of allylic oxidation sites excluding steroid dienone is 3. The lowest BCUT2D eigenvalue weighted by molar-refractivity contribution is -0.138. The summed E-state index contributed by atoms with van der Waals surface area (Å²) in [7, 11) is 0. The number of amides is 1. The molecule has 1 aromatic carbocycles. The third-order valence-corrected chi connectivity index (χ3v) is 3.90. The van der Waals surface area contributed by atoms with Crippen molar-refractivity contribution >= 4 is 40.2 Å². The molecule has 1 aliphatic carbocycles. The van der Waals surface area contributed by atoms with Gasteiger partial charge in [-0.3, -0.25) is 9.59 Å². The van der Waals surface area contributed by atoms with Gasteiger partial charge in [0.15, 0.2) is 0 Å². The molecule has 1 amide bonds. The van der Waals surface area contributed by atoms with Crippen LogP contribution in [0.25, 0.3) is 10.9 Å². The van der Waals surface area contributed by atoms with E-state index in [1.54, 1.807) is 6.07 Å². The summed E-state index contributed by atoms with van der Waals surface area (Å²) < 4.78 is 0. The number of carbonyl (C=O) groups excluding carboxylic acids is 1. The molecule has 0 aliphatic heterocycles. The Kier molecular flexibility index (Phi) is 5.12. The molecule has 0 bridgehead atoms. The molecule has 1 aromatic heterocycles. The van der Waals surface area contributed by atoms with E-state index in [4.69, 9.17) is 10.8 Å². The van der Waals surface area contributed by atoms with Crippen LogP contribution >= 0.6 is 0 Å². The molecule has 0 radical (unpaired) electrons. The molecule has 8 heteroatoms. The maximum absolute atomic E-state index is 12.0. The Morgan fingerprint density at radius 2 is 2.08 bits per heavy atom. The average Bonchev–Trinajstić information content (AvgIpc) is 3.12. The van der Waals surface area contributed by atoms with Crippen LogP contribution in [0.5, 0.6) is 0 Å². The van der Waals surface area contributed by atoms with Crippen LogP contribution in [-0.4, -0.2) is 33.5 Å². The Morgan fingerprint density at radius 3 is 2.81 bits per heavy atom. The molecule has 8 nitrogen and oxygen atoms in total. The number of rotatable bonds is 7. The molecule has 5 N–H and O–H groups in total. The Labute approximate surface area is 149 Å². The van der Waals surface area contributed by atoms with Gasteiger partial charge in [-0.25, -0.2) is 4.98 Å². The number of nitrogen functional groups attached to an aromatic ring is 1. The molecule has 0 saturated heterocycles. The normalized spacial score (nSPS) is 12.8. The molecule has 0 atom stereocenters. The SMILES string of the molecule is Nc1nc(NC(=O)CCC(=O)O)c2cc(NCC3=CC=CC3)ccc2n1. The lowest BCUT2D eigenvalue weighted by atomic mass is 10.2. The highest BCUT2D eigenvalue weighted by Crippen LogP contribution is 2.25. The second-order valence-corrected chi connectivity index (χ2v) is 5.92. The van der Waals surface area contributed by atoms with Crippen LogP contribution in [0, 0.1) is 0 Å². The van der Waals surface area contributed by atoms with E-state index in [0.29, 0.717) is 17.4 Å². The molecule has 0 fully saturated rings. The van der Waals surface area contributed by atoms with E-state index in [1.807, 2.05) is 18.2 Å². The van der Waals surface area contributed by atoms with E-state index in [-0.39, 0.29) is 24.6 Å². The molecule has 134 valence electrons. The minimum Gasteiger partial charge on any atom is -0.481 e. The molecule has 0 spiro atoms. The van der Waals surface area contributed by atoms with Crippen molar-refractivity contribution in [3.05, 3.63) is 42.0 Å². The van der Waals surface area contributed by atoms with Crippen LogP contribution in [0.2, 0.25) is 0 Å². The predicted octanol–water partition coefficient (Wildman–Crippen LogP) is 2.31. The number of nitrogens with two attached hydrogens (primary N) is 1. The number of hydrogen-bond acceptors (Lipinski definition) is 6. The molecule has 1 heterocycles.